The Morgan fingerprint density at radius 3 is 2.41 bits per heavy atom. The summed E-state index contributed by atoms with van der Waals surface area (Å²) < 4.78 is 44.6. The van der Waals surface area contributed by atoms with Crippen LogP contribution in [0.3, 0.4) is 0 Å². The minimum Gasteiger partial charge on any atom is -0.484 e. The van der Waals surface area contributed by atoms with Crippen LogP contribution in [0.1, 0.15) is 5.82 Å². The third-order valence-electron chi connectivity index (χ3n) is 2.95. The molecule has 2 aromatic rings. The van der Waals surface area contributed by atoms with Gasteiger partial charge in [-0.15, -0.1) is 10.2 Å². The van der Waals surface area contributed by atoms with Gasteiger partial charge in [-0.2, -0.15) is 13.2 Å². The summed E-state index contributed by atoms with van der Waals surface area (Å²) in [6, 6.07) is 6.79. The zero-order valence-electron chi connectivity index (χ0n) is 13.7. The SMILES string of the molecule is Cn1c(SCC(=O)NNC(=O)COc2ccc(Br)cc2)nnc1C(F)(F)F. The van der Waals surface area contributed by atoms with Crippen LogP contribution in [0.2, 0.25) is 0 Å². The summed E-state index contributed by atoms with van der Waals surface area (Å²) in [6.45, 7) is -0.326. The van der Waals surface area contributed by atoms with Crippen molar-refractivity contribution in [3.63, 3.8) is 0 Å². The van der Waals surface area contributed by atoms with Crippen LogP contribution in [-0.4, -0.2) is 38.9 Å². The van der Waals surface area contributed by atoms with Crippen molar-refractivity contribution in [2.45, 2.75) is 11.3 Å². The highest BCUT2D eigenvalue weighted by Crippen LogP contribution is 2.29. The molecule has 0 aliphatic heterocycles. The number of nitrogens with one attached hydrogen (secondary N) is 2. The number of hydrogen-bond donors (Lipinski definition) is 2. The number of rotatable bonds is 6. The summed E-state index contributed by atoms with van der Waals surface area (Å²) in [4.78, 5) is 23.3. The fourth-order valence-corrected chi connectivity index (χ4v) is 2.68. The lowest BCUT2D eigenvalue weighted by Gasteiger charge is -2.09. The molecule has 146 valence electrons. The average Bonchev–Trinajstić information content (AvgIpc) is 2.98. The predicted molar refractivity (Wildman–Crippen MR) is 92.7 cm³/mol. The average molecular weight is 468 g/mol. The summed E-state index contributed by atoms with van der Waals surface area (Å²) >= 11 is 4.01. The lowest BCUT2D eigenvalue weighted by Crippen LogP contribution is -2.44. The zero-order chi connectivity index (χ0) is 20.0. The van der Waals surface area contributed by atoms with Gasteiger partial charge >= 0.3 is 6.18 Å². The quantitative estimate of drug-likeness (QED) is 0.497. The van der Waals surface area contributed by atoms with Gasteiger partial charge in [0.25, 0.3) is 5.91 Å². The fourth-order valence-electron chi connectivity index (χ4n) is 1.71. The molecule has 0 spiro atoms. The molecule has 0 unspecified atom stereocenters. The Balaban J connectivity index is 1.72. The molecule has 0 aliphatic rings. The van der Waals surface area contributed by atoms with Crippen LogP contribution in [0.5, 0.6) is 5.75 Å². The van der Waals surface area contributed by atoms with Gasteiger partial charge in [-0.1, -0.05) is 27.7 Å². The van der Waals surface area contributed by atoms with Crippen LogP contribution in [0.4, 0.5) is 13.2 Å². The second-order valence-corrected chi connectivity index (χ2v) is 6.85. The number of carbonyl (C=O) groups excluding carboxylic acids is 2. The number of hydrazine groups is 1. The van der Waals surface area contributed by atoms with E-state index in [0.29, 0.717) is 5.75 Å². The highest BCUT2D eigenvalue weighted by molar-refractivity contribution is 9.10. The van der Waals surface area contributed by atoms with E-state index in [-0.39, 0.29) is 17.5 Å². The van der Waals surface area contributed by atoms with E-state index in [1.54, 1.807) is 24.3 Å². The van der Waals surface area contributed by atoms with Crippen molar-refractivity contribution in [2.24, 2.45) is 7.05 Å². The van der Waals surface area contributed by atoms with E-state index in [1.807, 2.05) is 0 Å². The predicted octanol–water partition coefficient (Wildman–Crippen LogP) is 1.91. The Kier molecular flexibility index (Phi) is 7.07. The number of thioether (sulfide) groups is 1. The van der Waals surface area contributed by atoms with Gasteiger partial charge in [0.1, 0.15) is 5.75 Å². The molecule has 0 aliphatic carbocycles. The molecule has 1 aromatic heterocycles. The van der Waals surface area contributed by atoms with Crippen molar-refractivity contribution < 1.29 is 27.5 Å². The minimum atomic E-state index is -4.63. The van der Waals surface area contributed by atoms with E-state index < -0.39 is 23.8 Å². The van der Waals surface area contributed by atoms with Crippen LogP contribution in [0.15, 0.2) is 33.9 Å². The van der Waals surface area contributed by atoms with E-state index >= 15 is 0 Å². The van der Waals surface area contributed by atoms with Gasteiger partial charge in [0, 0.05) is 11.5 Å². The van der Waals surface area contributed by atoms with E-state index in [4.69, 9.17) is 4.74 Å². The molecule has 13 heteroatoms. The first kappa shape index (κ1) is 21.0. The highest BCUT2D eigenvalue weighted by atomic mass is 79.9. The zero-order valence-corrected chi connectivity index (χ0v) is 16.1. The lowest BCUT2D eigenvalue weighted by atomic mass is 10.3. The normalized spacial score (nSPS) is 11.1. The van der Waals surface area contributed by atoms with E-state index in [0.717, 1.165) is 27.8 Å². The van der Waals surface area contributed by atoms with Crippen LogP contribution >= 0.6 is 27.7 Å². The second kappa shape index (κ2) is 9.08. The van der Waals surface area contributed by atoms with Crippen LogP contribution in [0.25, 0.3) is 0 Å². The number of benzene rings is 1. The molecular weight excluding hydrogens is 455 g/mol. The van der Waals surface area contributed by atoms with Gasteiger partial charge < -0.3 is 9.30 Å². The molecule has 0 atom stereocenters. The molecule has 0 fully saturated rings. The van der Waals surface area contributed by atoms with Crippen molar-refractivity contribution >= 4 is 39.5 Å². The highest BCUT2D eigenvalue weighted by Gasteiger charge is 2.37. The van der Waals surface area contributed by atoms with Gasteiger partial charge in [0.2, 0.25) is 11.7 Å². The second-order valence-electron chi connectivity index (χ2n) is 4.99. The molecule has 2 N–H and O–H groups in total. The van der Waals surface area contributed by atoms with Gasteiger partial charge in [-0.25, -0.2) is 0 Å². The minimum absolute atomic E-state index is 0.0811. The number of halogens is 4. The summed E-state index contributed by atoms with van der Waals surface area (Å²) in [5, 5.41) is 6.35. The smallest absolute Gasteiger partial charge is 0.451 e. The number of carbonyl (C=O) groups is 2. The summed E-state index contributed by atoms with van der Waals surface area (Å²) in [5.41, 5.74) is 4.26. The standard InChI is InChI=1S/C14H13BrF3N5O3S/c1-23-12(14(16,17)18)21-22-13(23)27-7-11(25)20-19-10(24)6-26-9-4-2-8(15)3-5-9/h2-5H,6-7H2,1H3,(H,19,24)(H,20,25). The number of aromatic nitrogens is 3. The Bertz CT molecular complexity index is 813. The fraction of sp³-hybridized carbons (Fsp3) is 0.286. The Labute approximate surface area is 163 Å². The first-order valence-corrected chi connectivity index (χ1v) is 9.00. The molecular formula is C14H13BrF3N5O3S. The number of hydrogen-bond acceptors (Lipinski definition) is 6. The molecule has 2 amide bonds. The molecule has 1 heterocycles. The van der Waals surface area contributed by atoms with Crippen molar-refractivity contribution in [2.75, 3.05) is 12.4 Å². The number of alkyl halides is 3. The summed E-state index contributed by atoms with van der Waals surface area (Å²) in [7, 11) is 1.14. The van der Waals surface area contributed by atoms with E-state index in [9.17, 15) is 22.8 Å². The molecule has 8 nitrogen and oxygen atoms in total. The van der Waals surface area contributed by atoms with Crippen molar-refractivity contribution in [3.8, 4) is 5.75 Å². The largest absolute Gasteiger partial charge is 0.484 e. The Morgan fingerprint density at radius 2 is 1.81 bits per heavy atom. The van der Waals surface area contributed by atoms with Crippen LogP contribution in [-0.2, 0) is 22.8 Å². The number of nitrogens with zero attached hydrogens (tertiary/aromatic N) is 3. The van der Waals surface area contributed by atoms with Crippen LogP contribution in [0, 0.1) is 0 Å². The van der Waals surface area contributed by atoms with Gasteiger partial charge in [0.05, 0.1) is 5.75 Å². The molecule has 0 saturated heterocycles. The molecule has 1 aromatic carbocycles. The van der Waals surface area contributed by atoms with E-state index in [1.165, 1.54) is 0 Å². The topological polar surface area (TPSA) is 98.1 Å². The first-order valence-electron chi connectivity index (χ1n) is 7.22. The van der Waals surface area contributed by atoms with Gasteiger partial charge in [-0.3, -0.25) is 20.4 Å². The number of amides is 2. The first-order chi connectivity index (χ1) is 12.7. The van der Waals surface area contributed by atoms with Crippen molar-refractivity contribution in [3.05, 3.63) is 34.6 Å². The maximum Gasteiger partial charge on any atom is 0.451 e. The van der Waals surface area contributed by atoms with E-state index in [2.05, 4.69) is 37.0 Å². The molecule has 2 rings (SSSR count). The third kappa shape index (κ3) is 6.43. The van der Waals surface area contributed by atoms with Gasteiger partial charge in [-0.05, 0) is 24.3 Å². The summed E-state index contributed by atoms with van der Waals surface area (Å²) in [5.74, 6) is -2.19. The Hall–Kier alpha value is -2.28. The van der Waals surface area contributed by atoms with Crippen LogP contribution < -0.4 is 15.6 Å². The molecule has 0 saturated carbocycles. The third-order valence-corrected chi connectivity index (χ3v) is 4.49. The van der Waals surface area contributed by atoms with Crippen molar-refractivity contribution in [1.29, 1.82) is 0 Å². The van der Waals surface area contributed by atoms with Crippen molar-refractivity contribution in [1.82, 2.24) is 25.6 Å². The van der Waals surface area contributed by atoms with Gasteiger partial charge in [0.15, 0.2) is 11.8 Å². The maximum atomic E-state index is 12.6. The molecule has 0 radical (unpaired) electrons. The molecule has 0 bridgehead atoms. The maximum absolute atomic E-state index is 12.6. The Morgan fingerprint density at radius 1 is 1.19 bits per heavy atom. The number of ether oxygens (including phenoxy) is 1. The monoisotopic (exact) mass is 467 g/mol. The molecule has 27 heavy (non-hydrogen) atoms. The summed E-state index contributed by atoms with van der Waals surface area (Å²) in [6.07, 6.45) is -4.63. The lowest BCUT2D eigenvalue weighted by molar-refractivity contribution is -0.147.